The molecule has 0 spiro atoms. The van der Waals surface area contributed by atoms with Gasteiger partial charge in [-0.1, -0.05) is 36.5 Å². The number of para-hydroxylation sites is 1. The van der Waals surface area contributed by atoms with Crippen LogP contribution in [0.1, 0.15) is 18.4 Å². The number of carbonyl (C=O) groups excluding carboxylic acids is 3. The average molecular weight is 590 g/mol. The molecule has 3 saturated heterocycles. The Bertz CT molecular complexity index is 1430. The van der Waals surface area contributed by atoms with Gasteiger partial charge in [-0.2, -0.15) is 0 Å². The highest BCUT2D eigenvalue weighted by molar-refractivity contribution is 8.04. The second-order valence-corrected chi connectivity index (χ2v) is 12.1. The number of likely N-dealkylation sites (tertiary alicyclic amines) is 1. The van der Waals surface area contributed by atoms with Crippen LogP contribution in [0, 0.1) is 12.8 Å². The van der Waals surface area contributed by atoms with E-state index in [0.717, 1.165) is 30.0 Å². The molecule has 6 rings (SSSR count). The summed E-state index contributed by atoms with van der Waals surface area (Å²) in [5.41, 5.74) is 2.41. The number of nitrogens with one attached hydrogen (secondary N) is 3. The van der Waals surface area contributed by atoms with E-state index in [-0.39, 0.29) is 47.3 Å². The molecule has 2 aromatic carbocycles. The summed E-state index contributed by atoms with van der Waals surface area (Å²) in [5.74, 6) is 0.937. The number of amides is 4. The third-order valence-electron chi connectivity index (χ3n) is 8.32. The minimum atomic E-state index is -0.282. The first-order chi connectivity index (χ1) is 20.4. The van der Waals surface area contributed by atoms with Crippen molar-refractivity contribution in [2.24, 2.45) is 5.92 Å². The van der Waals surface area contributed by atoms with Crippen molar-refractivity contribution in [2.75, 3.05) is 31.6 Å². The molecule has 4 aliphatic heterocycles. The lowest BCUT2D eigenvalue weighted by atomic mass is 9.86. The van der Waals surface area contributed by atoms with Crippen molar-refractivity contribution in [2.45, 2.75) is 43.3 Å². The van der Waals surface area contributed by atoms with Gasteiger partial charge in [0.25, 0.3) is 5.91 Å². The van der Waals surface area contributed by atoms with Gasteiger partial charge in [0.05, 0.1) is 22.4 Å². The first-order valence-electron chi connectivity index (χ1n) is 14.2. The van der Waals surface area contributed by atoms with Gasteiger partial charge in [0.2, 0.25) is 5.91 Å². The number of nitrogens with zero attached hydrogens (tertiary/aromatic N) is 2. The van der Waals surface area contributed by atoms with Crippen molar-refractivity contribution in [3.8, 4) is 11.5 Å². The van der Waals surface area contributed by atoms with Crippen LogP contribution in [0.2, 0.25) is 0 Å². The van der Waals surface area contributed by atoms with Crippen LogP contribution in [-0.4, -0.2) is 73.1 Å². The van der Waals surface area contributed by atoms with E-state index in [0.29, 0.717) is 35.9 Å². The van der Waals surface area contributed by atoms with Crippen molar-refractivity contribution in [3.63, 3.8) is 0 Å². The lowest BCUT2D eigenvalue weighted by Gasteiger charge is -2.46. The number of aryl methyl sites for hydroxylation is 1. The summed E-state index contributed by atoms with van der Waals surface area (Å²) >= 11 is 1.46. The highest BCUT2D eigenvalue weighted by Crippen LogP contribution is 2.48. The second kappa shape index (κ2) is 11.8. The highest BCUT2D eigenvalue weighted by atomic mass is 32.2. The van der Waals surface area contributed by atoms with Gasteiger partial charge in [-0.3, -0.25) is 14.5 Å². The molecule has 0 saturated carbocycles. The molecule has 0 aliphatic carbocycles. The number of benzene rings is 2. The number of ether oxygens (including phenoxy) is 2. The predicted octanol–water partition coefficient (Wildman–Crippen LogP) is 3.50. The van der Waals surface area contributed by atoms with E-state index in [1.807, 2.05) is 60.4 Å². The molecule has 0 aromatic heterocycles. The van der Waals surface area contributed by atoms with Gasteiger partial charge in [0.1, 0.15) is 11.5 Å². The van der Waals surface area contributed by atoms with Crippen molar-refractivity contribution >= 4 is 35.3 Å². The fourth-order valence-electron chi connectivity index (χ4n) is 6.38. The van der Waals surface area contributed by atoms with E-state index in [1.165, 1.54) is 17.8 Å². The molecule has 3 fully saturated rings. The Kier molecular flexibility index (Phi) is 7.98. The molecule has 2 aromatic rings. The van der Waals surface area contributed by atoms with Crippen LogP contribution in [0.4, 0.5) is 10.5 Å². The maximum Gasteiger partial charge on any atom is 0.326 e. The van der Waals surface area contributed by atoms with Crippen molar-refractivity contribution in [1.82, 2.24) is 20.9 Å². The van der Waals surface area contributed by atoms with Crippen molar-refractivity contribution in [1.29, 1.82) is 0 Å². The van der Waals surface area contributed by atoms with E-state index in [2.05, 4.69) is 22.5 Å². The van der Waals surface area contributed by atoms with Gasteiger partial charge < -0.3 is 30.3 Å². The summed E-state index contributed by atoms with van der Waals surface area (Å²) in [6.45, 7) is 7.13. The normalized spacial score (nSPS) is 26.8. The van der Waals surface area contributed by atoms with Gasteiger partial charge >= 0.3 is 6.03 Å². The minimum Gasteiger partial charge on any atom is -0.457 e. The lowest BCUT2D eigenvalue weighted by molar-refractivity contribution is -0.131. The SMILES string of the molecule is C=CC(=O)N1C[C@H](NC(=O)C2=C3NC(=O)N(c4ccc(Oc5ccccc5)cc4C)C4CCNC(S2)C34)C[C@H](OC)C1. The van der Waals surface area contributed by atoms with Gasteiger partial charge in [-0.25, -0.2) is 4.79 Å². The largest absolute Gasteiger partial charge is 0.457 e. The molecular formula is C31H35N5O5S. The van der Waals surface area contributed by atoms with Crippen LogP contribution < -0.4 is 25.6 Å². The zero-order valence-electron chi connectivity index (χ0n) is 23.7. The molecule has 11 heteroatoms. The Morgan fingerprint density at radius 3 is 2.69 bits per heavy atom. The van der Waals surface area contributed by atoms with E-state index < -0.39 is 0 Å². The maximum atomic E-state index is 13.7. The Labute approximate surface area is 249 Å². The molecular weight excluding hydrogens is 554 g/mol. The number of urea groups is 1. The molecule has 5 atom stereocenters. The van der Waals surface area contributed by atoms with Crippen LogP contribution in [0.25, 0.3) is 0 Å². The zero-order chi connectivity index (χ0) is 29.4. The minimum absolute atomic E-state index is 0.0412. The van der Waals surface area contributed by atoms with E-state index >= 15 is 0 Å². The fourth-order valence-corrected chi connectivity index (χ4v) is 7.78. The topological polar surface area (TPSA) is 112 Å². The number of carbonyl (C=O) groups is 3. The average Bonchev–Trinajstić information content (AvgIpc) is 3.37. The maximum absolute atomic E-state index is 13.7. The summed E-state index contributed by atoms with van der Waals surface area (Å²) in [4.78, 5) is 43.6. The van der Waals surface area contributed by atoms with Gasteiger partial charge in [0, 0.05) is 43.5 Å². The second-order valence-electron chi connectivity index (χ2n) is 11.0. The van der Waals surface area contributed by atoms with Crippen LogP contribution in [0.5, 0.6) is 11.5 Å². The number of hydrogen-bond acceptors (Lipinski definition) is 7. The fraction of sp³-hybridized carbons (Fsp3) is 0.387. The molecule has 3 unspecified atom stereocenters. The zero-order valence-corrected chi connectivity index (χ0v) is 24.5. The number of piperidine rings is 2. The third-order valence-corrected chi connectivity index (χ3v) is 9.68. The number of thioether (sulfide) groups is 1. The predicted molar refractivity (Wildman–Crippen MR) is 161 cm³/mol. The summed E-state index contributed by atoms with van der Waals surface area (Å²) in [5, 5.41) is 9.68. The molecule has 10 nitrogen and oxygen atoms in total. The van der Waals surface area contributed by atoms with Crippen molar-refractivity contribution in [3.05, 3.63) is 77.4 Å². The van der Waals surface area contributed by atoms with Gasteiger partial charge in [0.15, 0.2) is 0 Å². The summed E-state index contributed by atoms with van der Waals surface area (Å²) in [7, 11) is 1.61. The lowest BCUT2D eigenvalue weighted by Crippen LogP contribution is -2.62. The summed E-state index contributed by atoms with van der Waals surface area (Å²) < 4.78 is 11.5. The number of methoxy groups -OCH3 is 1. The van der Waals surface area contributed by atoms with Crippen LogP contribution in [0.15, 0.2) is 71.8 Å². The Morgan fingerprint density at radius 1 is 1.14 bits per heavy atom. The number of anilines is 1. The molecule has 0 radical (unpaired) electrons. The third kappa shape index (κ3) is 5.39. The Morgan fingerprint density at radius 2 is 1.95 bits per heavy atom. The number of rotatable bonds is 7. The molecule has 0 bridgehead atoms. The standard InChI is InChI=1S/C31H35N5O5S/c1-4-25(37)35-16-19(15-22(17-35)40-3)33-29(38)28-27-26-24(12-13-32-30(26)42-28)36(31(39)34-27)23-11-10-21(14-18(23)2)41-20-8-6-5-7-9-20/h4-11,14,19,22,24,26,30,32H,1,12-13,15-17H2,2-3H3,(H,33,38)(H,34,39)/t19-,22+,24?,26?,30?/m1/s1. The summed E-state index contributed by atoms with van der Waals surface area (Å²) in [6.07, 6.45) is 2.44. The van der Waals surface area contributed by atoms with E-state index in [4.69, 9.17) is 9.47 Å². The Hall–Kier alpha value is -3.80. The highest BCUT2D eigenvalue weighted by Gasteiger charge is 2.52. The molecule has 42 heavy (non-hydrogen) atoms. The quantitative estimate of drug-likeness (QED) is 0.424. The Balaban J connectivity index is 1.22. The first-order valence-corrected chi connectivity index (χ1v) is 15.1. The van der Waals surface area contributed by atoms with Crippen molar-refractivity contribution < 1.29 is 23.9 Å². The first kappa shape index (κ1) is 28.3. The van der Waals surface area contributed by atoms with Gasteiger partial charge in [-0.15, -0.1) is 0 Å². The molecule has 220 valence electrons. The number of hydrogen-bond donors (Lipinski definition) is 3. The van der Waals surface area contributed by atoms with E-state index in [1.54, 1.807) is 12.0 Å². The smallest absolute Gasteiger partial charge is 0.326 e. The molecule has 4 amide bonds. The van der Waals surface area contributed by atoms with Crippen LogP contribution in [0.3, 0.4) is 0 Å². The summed E-state index contributed by atoms with van der Waals surface area (Å²) in [6, 6.07) is 14.7. The van der Waals surface area contributed by atoms with Crippen LogP contribution >= 0.6 is 11.8 Å². The van der Waals surface area contributed by atoms with E-state index in [9.17, 15) is 14.4 Å². The molecule has 4 aliphatic rings. The monoisotopic (exact) mass is 589 g/mol. The molecule has 3 N–H and O–H groups in total. The van der Waals surface area contributed by atoms with Crippen LogP contribution in [-0.2, 0) is 14.3 Å². The van der Waals surface area contributed by atoms with Gasteiger partial charge in [-0.05, 0) is 68.3 Å². The molecule has 4 heterocycles.